The predicted molar refractivity (Wildman–Crippen MR) is 79.5 cm³/mol. The van der Waals surface area contributed by atoms with Gasteiger partial charge in [0.25, 0.3) is 5.69 Å². The Balaban J connectivity index is 2.09. The molecule has 21 heavy (non-hydrogen) atoms. The predicted octanol–water partition coefficient (Wildman–Crippen LogP) is 3.88. The van der Waals surface area contributed by atoms with Gasteiger partial charge in [0, 0.05) is 12.1 Å². The lowest BCUT2D eigenvalue weighted by molar-refractivity contribution is -0.384. The van der Waals surface area contributed by atoms with Crippen molar-refractivity contribution in [2.24, 2.45) is 0 Å². The molecule has 2 aromatic carbocycles. The van der Waals surface area contributed by atoms with Crippen molar-refractivity contribution in [1.29, 1.82) is 0 Å². The van der Waals surface area contributed by atoms with Gasteiger partial charge in [0.2, 0.25) is 0 Å². The first-order valence-corrected chi connectivity index (χ1v) is 6.69. The van der Waals surface area contributed by atoms with E-state index in [1.165, 1.54) is 12.1 Å². The van der Waals surface area contributed by atoms with Crippen LogP contribution in [0.5, 0.6) is 5.75 Å². The zero-order valence-electron chi connectivity index (χ0n) is 11.3. The molecule has 0 saturated carbocycles. The second-order valence-corrected chi connectivity index (χ2v) is 4.99. The largest absolute Gasteiger partial charge is 0.487 e. The van der Waals surface area contributed by atoms with Crippen LogP contribution in [0.3, 0.4) is 0 Å². The number of aliphatic hydroxyl groups is 1. The van der Waals surface area contributed by atoms with Gasteiger partial charge in [0.1, 0.15) is 12.4 Å². The van der Waals surface area contributed by atoms with Gasteiger partial charge < -0.3 is 9.84 Å². The number of ether oxygens (including phenoxy) is 1. The summed E-state index contributed by atoms with van der Waals surface area (Å²) in [6.45, 7) is 1.82. The standard InChI is InChI=1S/C15H14ClNO4/c1-10(18)12-5-6-15(14(16)8-12)21-9-11-3-2-4-13(7-11)17(19)20/h2-8,10,18H,9H2,1H3/t10-/m0/s1. The molecule has 5 nitrogen and oxygen atoms in total. The zero-order chi connectivity index (χ0) is 15.4. The Bertz CT molecular complexity index is 658. The van der Waals surface area contributed by atoms with Crippen LogP contribution in [-0.2, 0) is 6.61 Å². The maximum atomic E-state index is 10.7. The molecule has 0 aromatic heterocycles. The first-order valence-electron chi connectivity index (χ1n) is 6.31. The van der Waals surface area contributed by atoms with E-state index >= 15 is 0 Å². The van der Waals surface area contributed by atoms with Crippen molar-refractivity contribution in [3.05, 3.63) is 68.7 Å². The van der Waals surface area contributed by atoms with Crippen LogP contribution in [0.2, 0.25) is 5.02 Å². The van der Waals surface area contributed by atoms with Crippen LogP contribution in [0, 0.1) is 10.1 Å². The average Bonchev–Trinajstić information content (AvgIpc) is 2.46. The van der Waals surface area contributed by atoms with E-state index in [9.17, 15) is 15.2 Å². The summed E-state index contributed by atoms with van der Waals surface area (Å²) < 4.78 is 5.56. The van der Waals surface area contributed by atoms with E-state index in [0.717, 1.165) is 0 Å². The Labute approximate surface area is 126 Å². The molecule has 0 bridgehead atoms. The summed E-state index contributed by atoms with van der Waals surface area (Å²) in [5.41, 5.74) is 1.40. The molecule has 110 valence electrons. The second kappa shape index (κ2) is 6.56. The minimum atomic E-state index is -0.603. The number of rotatable bonds is 5. The van der Waals surface area contributed by atoms with E-state index in [0.29, 0.717) is 21.9 Å². The summed E-state index contributed by atoms with van der Waals surface area (Å²) in [6.07, 6.45) is -0.603. The fraction of sp³-hybridized carbons (Fsp3) is 0.200. The van der Waals surface area contributed by atoms with Crippen LogP contribution in [0.1, 0.15) is 24.2 Å². The lowest BCUT2D eigenvalue weighted by Gasteiger charge is -2.11. The number of nitro benzene ring substituents is 1. The van der Waals surface area contributed by atoms with Crippen LogP contribution in [0.15, 0.2) is 42.5 Å². The topological polar surface area (TPSA) is 72.6 Å². The van der Waals surface area contributed by atoms with Crippen molar-refractivity contribution in [1.82, 2.24) is 0 Å². The third-order valence-electron chi connectivity index (χ3n) is 2.95. The fourth-order valence-electron chi connectivity index (χ4n) is 1.81. The maximum Gasteiger partial charge on any atom is 0.269 e. The monoisotopic (exact) mass is 307 g/mol. The molecule has 2 aromatic rings. The molecular weight excluding hydrogens is 294 g/mol. The highest BCUT2D eigenvalue weighted by Gasteiger charge is 2.09. The highest BCUT2D eigenvalue weighted by molar-refractivity contribution is 6.32. The lowest BCUT2D eigenvalue weighted by atomic mass is 10.1. The molecule has 0 aliphatic rings. The van der Waals surface area contributed by atoms with E-state index in [2.05, 4.69) is 0 Å². The maximum absolute atomic E-state index is 10.7. The molecule has 0 radical (unpaired) electrons. The van der Waals surface area contributed by atoms with Crippen molar-refractivity contribution in [2.45, 2.75) is 19.6 Å². The van der Waals surface area contributed by atoms with Gasteiger partial charge in [0.15, 0.2) is 0 Å². The molecule has 0 aliphatic heterocycles. The normalized spacial score (nSPS) is 12.0. The van der Waals surface area contributed by atoms with Crippen LogP contribution >= 0.6 is 11.6 Å². The number of benzene rings is 2. The summed E-state index contributed by atoms with van der Waals surface area (Å²) in [5.74, 6) is 0.465. The number of hydrogen-bond donors (Lipinski definition) is 1. The minimum Gasteiger partial charge on any atom is -0.487 e. The van der Waals surface area contributed by atoms with Crippen LogP contribution in [0.4, 0.5) is 5.69 Å². The number of aliphatic hydroxyl groups excluding tert-OH is 1. The van der Waals surface area contributed by atoms with Crippen LogP contribution in [-0.4, -0.2) is 10.0 Å². The SMILES string of the molecule is C[C@H](O)c1ccc(OCc2cccc([N+](=O)[O-])c2)c(Cl)c1. The van der Waals surface area contributed by atoms with Crippen LogP contribution in [0.25, 0.3) is 0 Å². The summed E-state index contributed by atoms with van der Waals surface area (Å²) in [6, 6.07) is 11.3. The molecule has 0 heterocycles. The molecule has 0 unspecified atom stereocenters. The zero-order valence-corrected chi connectivity index (χ0v) is 12.1. The number of nitro groups is 1. The van der Waals surface area contributed by atoms with Gasteiger partial charge in [0.05, 0.1) is 16.0 Å². The molecular formula is C15H14ClNO4. The van der Waals surface area contributed by atoms with Gasteiger partial charge in [-0.1, -0.05) is 29.8 Å². The second-order valence-electron chi connectivity index (χ2n) is 4.58. The highest BCUT2D eigenvalue weighted by Crippen LogP contribution is 2.28. The highest BCUT2D eigenvalue weighted by atomic mass is 35.5. The first-order chi connectivity index (χ1) is 9.97. The summed E-state index contributed by atoms with van der Waals surface area (Å²) >= 11 is 6.08. The molecule has 1 N–H and O–H groups in total. The van der Waals surface area contributed by atoms with Gasteiger partial charge in [-0.15, -0.1) is 0 Å². The average molecular weight is 308 g/mol. The van der Waals surface area contributed by atoms with E-state index in [1.54, 1.807) is 37.3 Å². The van der Waals surface area contributed by atoms with Crippen LogP contribution < -0.4 is 4.74 Å². The van der Waals surface area contributed by atoms with Gasteiger partial charge in [-0.05, 0) is 30.2 Å². The van der Waals surface area contributed by atoms with Gasteiger partial charge >= 0.3 is 0 Å². The van der Waals surface area contributed by atoms with E-state index < -0.39 is 11.0 Å². The lowest BCUT2D eigenvalue weighted by Crippen LogP contribution is -1.98. The summed E-state index contributed by atoms with van der Waals surface area (Å²) in [4.78, 5) is 10.3. The van der Waals surface area contributed by atoms with Gasteiger partial charge in [-0.3, -0.25) is 10.1 Å². The van der Waals surface area contributed by atoms with E-state index in [1.807, 2.05) is 0 Å². The van der Waals surface area contributed by atoms with Crippen molar-refractivity contribution in [3.63, 3.8) is 0 Å². The third-order valence-corrected chi connectivity index (χ3v) is 3.25. The Morgan fingerprint density at radius 1 is 1.33 bits per heavy atom. The number of non-ortho nitro benzene ring substituents is 1. The molecule has 0 spiro atoms. The molecule has 0 aliphatic carbocycles. The number of hydrogen-bond acceptors (Lipinski definition) is 4. The van der Waals surface area contributed by atoms with E-state index in [-0.39, 0.29) is 12.3 Å². The molecule has 2 rings (SSSR count). The molecule has 1 atom stereocenters. The van der Waals surface area contributed by atoms with Crippen molar-refractivity contribution < 1.29 is 14.8 Å². The van der Waals surface area contributed by atoms with Crippen molar-refractivity contribution >= 4 is 17.3 Å². The Kier molecular flexibility index (Phi) is 4.77. The molecule has 0 amide bonds. The van der Waals surface area contributed by atoms with E-state index in [4.69, 9.17) is 16.3 Å². The van der Waals surface area contributed by atoms with Crippen molar-refractivity contribution in [2.75, 3.05) is 0 Å². The summed E-state index contributed by atoms with van der Waals surface area (Å²) in [5, 5.41) is 20.6. The quantitative estimate of drug-likeness (QED) is 0.672. The third kappa shape index (κ3) is 3.93. The van der Waals surface area contributed by atoms with Gasteiger partial charge in [-0.2, -0.15) is 0 Å². The van der Waals surface area contributed by atoms with Crippen molar-refractivity contribution in [3.8, 4) is 5.75 Å². The molecule has 0 saturated heterocycles. The number of nitrogens with zero attached hydrogens (tertiary/aromatic N) is 1. The Morgan fingerprint density at radius 2 is 2.10 bits per heavy atom. The Morgan fingerprint density at radius 3 is 2.71 bits per heavy atom. The minimum absolute atomic E-state index is 0.0200. The summed E-state index contributed by atoms with van der Waals surface area (Å²) in [7, 11) is 0. The fourth-order valence-corrected chi connectivity index (χ4v) is 2.06. The molecule has 6 heteroatoms. The molecule has 0 fully saturated rings. The van der Waals surface area contributed by atoms with Gasteiger partial charge in [-0.25, -0.2) is 0 Å². The number of halogens is 1. The first kappa shape index (κ1) is 15.3. The smallest absolute Gasteiger partial charge is 0.269 e. The Hall–Kier alpha value is -2.11.